The van der Waals surface area contributed by atoms with Gasteiger partial charge >= 0.3 is 17.9 Å². The lowest BCUT2D eigenvalue weighted by Gasteiger charge is -2.24. The van der Waals surface area contributed by atoms with Crippen LogP contribution in [0, 0.1) is 10.1 Å². The molecule has 0 saturated carbocycles. The van der Waals surface area contributed by atoms with Gasteiger partial charge in [-0.3, -0.25) is 24.5 Å². The van der Waals surface area contributed by atoms with Crippen LogP contribution in [0.15, 0.2) is 0 Å². The Labute approximate surface area is 120 Å². The van der Waals surface area contributed by atoms with Gasteiger partial charge in [0.2, 0.25) is 5.54 Å². The molecule has 0 amide bonds. The van der Waals surface area contributed by atoms with Gasteiger partial charge in [-0.2, -0.15) is 0 Å². The van der Waals surface area contributed by atoms with E-state index in [4.69, 9.17) is 15.3 Å². The molecule has 0 spiro atoms. The zero-order valence-electron chi connectivity index (χ0n) is 11.5. The number of hydrogen-bond acceptors (Lipinski definition) is 5. The molecule has 0 aliphatic rings. The van der Waals surface area contributed by atoms with Crippen molar-refractivity contribution in [3.8, 4) is 0 Å². The third-order valence-electron chi connectivity index (χ3n) is 3.26. The lowest BCUT2D eigenvalue weighted by molar-refractivity contribution is -0.574. The second-order valence-corrected chi connectivity index (χ2v) is 4.87. The summed E-state index contributed by atoms with van der Waals surface area (Å²) < 4.78 is 0. The summed E-state index contributed by atoms with van der Waals surface area (Å²) in [4.78, 5) is 42.3. The molecule has 0 fully saturated rings. The largest absolute Gasteiger partial charge is 0.481 e. The van der Waals surface area contributed by atoms with E-state index < -0.39 is 34.8 Å². The van der Waals surface area contributed by atoms with Crippen molar-refractivity contribution in [1.29, 1.82) is 0 Å². The van der Waals surface area contributed by atoms with Gasteiger partial charge in [-0.25, -0.2) is 0 Å². The molecule has 0 aliphatic carbocycles. The first kappa shape index (κ1) is 18.8. The number of hydrogen-bond donors (Lipinski definition) is 3. The SMILES string of the molecule is O=C(O)CCCC(CCCC(=O)O)(CCC(=O)O)[N+](=O)[O-]. The van der Waals surface area contributed by atoms with E-state index in [0.717, 1.165) is 0 Å². The van der Waals surface area contributed by atoms with Crippen LogP contribution in [0.3, 0.4) is 0 Å². The smallest absolute Gasteiger partial charge is 0.303 e. The van der Waals surface area contributed by atoms with Crippen molar-refractivity contribution < 1.29 is 34.6 Å². The fourth-order valence-corrected chi connectivity index (χ4v) is 2.13. The Kier molecular flexibility index (Phi) is 7.95. The van der Waals surface area contributed by atoms with E-state index in [9.17, 15) is 24.5 Å². The van der Waals surface area contributed by atoms with Gasteiger partial charge in [0.1, 0.15) is 0 Å². The number of carboxylic acid groups (broad SMARTS) is 3. The van der Waals surface area contributed by atoms with Crippen molar-refractivity contribution in [3.63, 3.8) is 0 Å². The molecule has 120 valence electrons. The predicted octanol–water partition coefficient (Wildman–Crippen LogP) is 1.38. The molecule has 0 aromatic carbocycles. The Morgan fingerprint density at radius 1 is 0.810 bits per heavy atom. The van der Waals surface area contributed by atoms with Crippen LogP contribution in [0.2, 0.25) is 0 Å². The number of rotatable bonds is 12. The van der Waals surface area contributed by atoms with Crippen molar-refractivity contribution in [3.05, 3.63) is 10.1 Å². The minimum atomic E-state index is -1.58. The maximum absolute atomic E-state index is 11.3. The molecule has 3 N–H and O–H groups in total. The molecule has 0 heterocycles. The fraction of sp³-hybridized carbons (Fsp3) is 0.750. The quantitative estimate of drug-likeness (QED) is 0.360. The van der Waals surface area contributed by atoms with E-state index in [-0.39, 0.29) is 44.9 Å². The Bertz CT molecular complexity index is 386. The Hall–Kier alpha value is -2.19. The van der Waals surface area contributed by atoms with Gasteiger partial charge in [0.25, 0.3) is 0 Å². The zero-order chi connectivity index (χ0) is 16.5. The zero-order valence-corrected chi connectivity index (χ0v) is 11.5. The Morgan fingerprint density at radius 3 is 1.48 bits per heavy atom. The molecule has 0 bridgehead atoms. The summed E-state index contributed by atoms with van der Waals surface area (Å²) in [5, 5.41) is 37.1. The molecule has 0 saturated heterocycles. The molecule has 0 rings (SSSR count). The van der Waals surface area contributed by atoms with Gasteiger partial charge in [-0.1, -0.05) is 0 Å². The van der Waals surface area contributed by atoms with Crippen molar-refractivity contribution in [2.24, 2.45) is 0 Å². The maximum atomic E-state index is 11.3. The van der Waals surface area contributed by atoms with Gasteiger partial charge in [-0.05, 0) is 12.8 Å². The molecule has 0 aromatic rings. The highest BCUT2D eigenvalue weighted by molar-refractivity contribution is 5.67. The molecule has 0 aliphatic heterocycles. The summed E-state index contributed by atoms with van der Waals surface area (Å²) in [5.41, 5.74) is -1.58. The molecule has 21 heavy (non-hydrogen) atoms. The standard InChI is InChI=1S/C12H19NO8/c14-9(15)3-1-6-12(13(20)21,8-5-11(18)19)7-2-4-10(16)17/h1-8H2,(H,14,15)(H,16,17)(H,18,19). The third kappa shape index (κ3) is 7.85. The van der Waals surface area contributed by atoms with Crippen LogP contribution in [0.1, 0.15) is 51.4 Å². The predicted molar refractivity (Wildman–Crippen MR) is 69.6 cm³/mol. The van der Waals surface area contributed by atoms with Crippen LogP contribution in [-0.2, 0) is 14.4 Å². The lowest BCUT2D eigenvalue weighted by Crippen LogP contribution is -2.39. The van der Waals surface area contributed by atoms with E-state index >= 15 is 0 Å². The van der Waals surface area contributed by atoms with Crippen molar-refractivity contribution >= 4 is 17.9 Å². The maximum Gasteiger partial charge on any atom is 0.303 e. The first-order valence-electron chi connectivity index (χ1n) is 6.49. The van der Waals surface area contributed by atoms with E-state index in [1.165, 1.54) is 0 Å². The Balaban J connectivity index is 4.85. The highest BCUT2D eigenvalue weighted by Gasteiger charge is 2.42. The number of nitrogens with zero attached hydrogens (tertiary/aromatic N) is 1. The summed E-state index contributed by atoms with van der Waals surface area (Å²) >= 11 is 0. The average Bonchev–Trinajstić information content (AvgIpc) is 2.33. The highest BCUT2D eigenvalue weighted by Crippen LogP contribution is 2.30. The van der Waals surface area contributed by atoms with Crippen LogP contribution >= 0.6 is 0 Å². The number of carboxylic acids is 3. The van der Waals surface area contributed by atoms with Crippen molar-refractivity contribution in [2.45, 2.75) is 56.9 Å². The lowest BCUT2D eigenvalue weighted by atomic mass is 9.83. The van der Waals surface area contributed by atoms with Crippen LogP contribution in [-0.4, -0.2) is 43.7 Å². The summed E-state index contributed by atoms with van der Waals surface area (Å²) in [6, 6.07) is 0. The van der Waals surface area contributed by atoms with E-state index in [1.807, 2.05) is 0 Å². The molecular weight excluding hydrogens is 286 g/mol. The minimum Gasteiger partial charge on any atom is -0.481 e. The van der Waals surface area contributed by atoms with Gasteiger partial charge in [-0.15, -0.1) is 0 Å². The first-order valence-corrected chi connectivity index (χ1v) is 6.49. The molecular formula is C12H19NO8. The molecule has 9 heteroatoms. The molecule has 0 aromatic heterocycles. The number of carbonyl (C=O) groups is 3. The second-order valence-electron chi connectivity index (χ2n) is 4.87. The van der Waals surface area contributed by atoms with Crippen molar-refractivity contribution in [2.75, 3.05) is 0 Å². The van der Waals surface area contributed by atoms with Gasteiger partial charge < -0.3 is 15.3 Å². The van der Waals surface area contributed by atoms with Crippen molar-refractivity contribution in [1.82, 2.24) is 0 Å². The monoisotopic (exact) mass is 305 g/mol. The number of aliphatic carboxylic acids is 3. The van der Waals surface area contributed by atoms with Gasteiger partial charge in [0.15, 0.2) is 0 Å². The topological polar surface area (TPSA) is 155 Å². The summed E-state index contributed by atoms with van der Waals surface area (Å²) in [6.07, 6.45) is -1.23. The van der Waals surface area contributed by atoms with E-state index in [1.54, 1.807) is 0 Å². The normalized spacial score (nSPS) is 11.0. The van der Waals surface area contributed by atoms with E-state index in [0.29, 0.717) is 0 Å². The van der Waals surface area contributed by atoms with Crippen LogP contribution in [0.4, 0.5) is 0 Å². The highest BCUT2D eigenvalue weighted by atomic mass is 16.6. The molecule has 0 radical (unpaired) electrons. The van der Waals surface area contributed by atoms with Crippen LogP contribution < -0.4 is 0 Å². The second kappa shape index (κ2) is 8.88. The molecule has 0 unspecified atom stereocenters. The molecule has 0 atom stereocenters. The van der Waals surface area contributed by atoms with Crippen LogP contribution in [0.5, 0.6) is 0 Å². The van der Waals surface area contributed by atoms with E-state index in [2.05, 4.69) is 0 Å². The number of nitro groups is 1. The van der Waals surface area contributed by atoms with Gasteiger partial charge in [0, 0.05) is 37.0 Å². The average molecular weight is 305 g/mol. The summed E-state index contributed by atoms with van der Waals surface area (Å²) in [6.45, 7) is 0. The summed E-state index contributed by atoms with van der Waals surface area (Å²) in [7, 11) is 0. The first-order chi connectivity index (χ1) is 9.69. The van der Waals surface area contributed by atoms with Crippen LogP contribution in [0.25, 0.3) is 0 Å². The molecule has 9 nitrogen and oxygen atoms in total. The Morgan fingerprint density at radius 2 is 1.19 bits per heavy atom. The summed E-state index contributed by atoms with van der Waals surface area (Å²) in [5.74, 6) is -3.36. The fourth-order valence-electron chi connectivity index (χ4n) is 2.13. The minimum absolute atomic E-state index is 0.0446. The third-order valence-corrected chi connectivity index (χ3v) is 3.26. The van der Waals surface area contributed by atoms with Gasteiger partial charge in [0.05, 0.1) is 6.42 Å².